The number of nitrogens with one attached hydrogen (secondary N) is 1. The standard InChI is InChI=1S/C19H21ClN6O/c1-11-22-25-19(27-11)13-4-2-12(3-5-13)18-24-23-17-10-21-9-14-8-15(20)6-7-16(14)26(17)18/h6-8,12-13,21H,2-5,9-10H2,1H3/t12-,13-. The Balaban J connectivity index is 1.43. The van der Waals surface area contributed by atoms with Crippen molar-refractivity contribution in [2.24, 2.45) is 0 Å². The van der Waals surface area contributed by atoms with Gasteiger partial charge in [0, 0.05) is 30.3 Å². The molecule has 0 bridgehead atoms. The highest BCUT2D eigenvalue weighted by atomic mass is 35.5. The monoisotopic (exact) mass is 384 g/mol. The molecule has 1 aliphatic heterocycles. The second kappa shape index (κ2) is 6.73. The fraction of sp³-hybridized carbons (Fsp3) is 0.474. The maximum Gasteiger partial charge on any atom is 0.219 e. The molecule has 0 unspecified atom stereocenters. The number of nitrogens with zero attached hydrogens (tertiary/aromatic N) is 5. The van der Waals surface area contributed by atoms with E-state index in [1.54, 1.807) is 0 Å². The molecule has 3 heterocycles. The molecule has 3 aromatic rings. The van der Waals surface area contributed by atoms with Gasteiger partial charge in [-0.1, -0.05) is 11.6 Å². The number of aromatic nitrogens is 5. The van der Waals surface area contributed by atoms with Crippen LogP contribution in [0.15, 0.2) is 22.6 Å². The Bertz CT molecular complexity index is 972. The van der Waals surface area contributed by atoms with Crippen molar-refractivity contribution < 1.29 is 4.42 Å². The van der Waals surface area contributed by atoms with Gasteiger partial charge in [0.25, 0.3) is 0 Å². The van der Waals surface area contributed by atoms with Crippen LogP contribution in [0.2, 0.25) is 5.02 Å². The number of aryl methyl sites for hydroxylation is 1. The highest BCUT2D eigenvalue weighted by molar-refractivity contribution is 6.30. The van der Waals surface area contributed by atoms with E-state index in [0.717, 1.165) is 60.5 Å². The fourth-order valence-corrected chi connectivity index (χ4v) is 4.46. The summed E-state index contributed by atoms with van der Waals surface area (Å²) in [7, 11) is 0. The zero-order chi connectivity index (χ0) is 18.4. The predicted molar refractivity (Wildman–Crippen MR) is 99.9 cm³/mol. The van der Waals surface area contributed by atoms with Crippen LogP contribution in [0.4, 0.5) is 0 Å². The molecule has 5 rings (SSSR count). The van der Waals surface area contributed by atoms with E-state index < -0.39 is 0 Å². The maximum absolute atomic E-state index is 6.21. The second-order valence-corrected chi connectivity index (χ2v) is 7.83. The molecular formula is C19H21ClN6O. The maximum atomic E-state index is 6.21. The van der Waals surface area contributed by atoms with Crippen LogP contribution in [0.1, 0.15) is 66.5 Å². The number of hydrogen-bond acceptors (Lipinski definition) is 6. The summed E-state index contributed by atoms with van der Waals surface area (Å²) >= 11 is 6.21. The van der Waals surface area contributed by atoms with Crippen LogP contribution in [0.3, 0.4) is 0 Å². The van der Waals surface area contributed by atoms with Gasteiger partial charge in [0.05, 0.1) is 12.2 Å². The van der Waals surface area contributed by atoms with Crippen LogP contribution in [0.5, 0.6) is 0 Å². The molecule has 1 saturated carbocycles. The van der Waals surface area contributed by atoms with E-state index >= 15 is 0 Å². The van der Waals surface area contributed by atoms with E-state index in [1.807, 2.05) is 19.1 Å². The molecule has 1 aliphatic carbocycles. The lowest BCUT2D eigenvalue weighted by Gasteiger charge is -2.26. The first kappa shape index (κ1) is 16.9. The van der Waals surface area contributed by atoms with E-state index in [9.17, 15) is 0 Å². The van der Waals surface area contributed by atoms with Gasteiger partial charge in [0.1, 0.15) is 5.82 Å². The van der Waals surface area contributed by atoms with Crippen LogP contribution < -0.4 is 5.32 Å². The lowest BCUT2D eigenvalue weighted by atomic mass is 9.81. The van der Waals surface area contributed by atoms with E-state index in [-0.39, 0.29) is 0 Å². The highest BCUT2D eigenvalue weighted by Crippen LogP contribution is 2.40. The minimum absolute atomic E-state index is 0.349. The molecule has 2 aromatic heterocycles. The van der Waals surface area contributed by atoms with Crippen molar-refractivity contribution in [2.45, 2.75) is 57.5 Å². The minimum Gasteiger partial charge on any atom is -0.425 e. The average molecular weight is 385 g/mol. The first-order valence-electron chi connectivity index (χ1n) is 9.43. The quantitative estimate of drug-likeness (QED) is 0.726. The SMILES string of the molecule is Cc1nnc([C@H]2CC[C@H](c3nnc4n3-c3ccc(Cl)cc3CNC4)CC2)o1. The van der Waals surface area contributed by atoms with Crippen LogP contribution in [-0.2, 0) is 13.1 Å². The van der Waals surface area contributed by atoms with Gasteiger partial charge in [-0.25, -0.2) is 0 Å². The molecule has 1 N–H and O–H groups in total. The number of fused-ring (bicyclic) bond motifs is 3. The summed E-state index contributed by atoms with van der Waals surface area (Å²) in [5, 5.41) is 21.4. The van der Waals surface area contributed by atoms with Gasteiger partial charge in [-0.05, 0) is 49.4 Å². The topological polar surface area (TPSA) is 81.7 Å². The van der Waals surface area contributed by atoms with Gasteiger partial charge in [0.2, 0.25) is 11.8 Å². The molecule has 1 fully saturated rings. The van der Waals surface area contributed by atoms with Gasteiger partial charge in [-0.3, -0.25) is 4.57 Å². The summed E-state index contributed by atoms with van der Waals surface area (Å²) in [6.07, 6.45) is 4.14. The summed E-state index contributed by atoms with van der Waals surface area (Å²) in [5.41, 5.74) is 2.31. The Kier molecular flexibility index (Phi) is 4.21. The Morgan fingerprint density at radius 2 is 1.85 bits per heavy atom. The molecule has 140 valence electrons. The minimum atomic E-state index is 0.349. The Morgan fingerprint density at radius 3 is 2.63 bits per heavy atom. The third kappa shape index (κ3) is 3.04. The summed E-state index contributed by atoms with van der Waals surface area (Å²) < 4.78 is 7.87. The van der Waals surface area contributed by atoms with E-state index in [1.165, 1.54) is 5.56 Å². The van der Waals surface area contributed by atoms with Crippen molar-refractivity contribution in [1.29, 1.82) is 0 Å². The summed E-state index contributed by atoms with van der Waals surface area (Å²) in [4.78, 5) is 0. The van der Waals surface area contributed by atoms with Crippen molar-refractivity contribution in [3.63, 3.8) is 0 Å². The van der Waals surface area contributed by atoms with Crippen LogP contribution in [0, 0.1) is 6.92 Å². The third-order valence-electron chi connectivity index (χ3n) is 5.62. The Hall–Kier alpha value is -2.25. The first-order chi connectivity index (χ1) is 13.2. The van der Waals surface area contributed by atoms with Gasteiger partial charge in [0.15, 0.2) is 5.82 Å². The lowest BCUT2D eigenvalue weighted by Crippen LogP contribution is -2.17. The predicted octanol–water partition coefficient (Wildman–Crippen LogP) is 3.66. The number of hydrogen-bond donors (Lipinski definition) is 1. The third-order valence-corrected chi connectivity index (χ3v) is 5.85. The molecule has 0 radical (unpaired) electrons. The molecule has 1 aromatic carbocycles. The largest absolute Gasteiger partial charge is 0.425 e. The molecule has 0 atom stereocenters. The van der Waals surface area contributed by atoms with Gasteiger partial charge in [-0.2, -0.15) is 0 Å². The van der Waals surface area contributed by atoms with E-state index in [0.29, 0.717) is 24.3 Å². The zero-order valence-corrected chi connectivity index (χ0v) is 15.9. The molecular weight excluding hydrogens is 364 g/mol. The van der Waals surface area contributed by atoms with Crippen LogP contribution in [-0.4, -0.2) is 25.0 Å². The molecule has 0 spiro atoms. The highest BCUT2D eigenvalue weighted by Gasteiger charge is 2.31. The van der Waals surface area contributed by atoms with Crippen molar-refractivity contribution in [2.75, 3.05) is 0 Å². The molecule has 2 aliphatic rings. The summed E-state index contributed by atoms with van der Waals surface area (Å²) in [6.45, 7) is 3.32. The number of benzene rings is 1. The Morgan fingerprint density at radius 1 is 1.04 bits per heavy atom. The van der Waals surface area contributed by atoms with Gasteiger partial charge >= 0.3 is 0 Å². The summed E-state index contributed by atoms with van der Waals surface area (Å²) in [6, 6.07) is 6.04. The van der Waals surface area contributed by atoms with Crippen molar-refractivity contribution >= 4 is 11.6 Å². The average Bonchev–Trinajstić information content (AvgIpc) is 3.25. The molecule has 0 saturated heterocycles. The molecule has 7 nitrogen and oxygen atoms in total. The van der Waals surface area contributed by atoms with Crippen LogP contribution >= 0.6 is 11.6 Å². The molecule has 27 heavy (non-hydrogen) atoms. The van der Waals surface area contributed by atoms with E-state index in [4.69, 9.17) is 16.0 Å². The normalized spacial score (nSPS) is 22.1. The van der Waals surface area contributed by atoms with Crippen molar-refractivity contribution in [3.8, 4) is 5.69 Å². The fourth-order valence-electron chi connectivity index (χ4n) is 4.27. The van der Waals surface area contributed by atoms with Crippen molar-refractivity contribution in [1.82, 2.24) is 30.3 Å². The number of halogens is 1. The molecule has 8 heteroatoms. The smallest absolute Gasteiger partial charge is 0.219 e. The second-order valence-electron chi connectivity index (χ2n) is 7.39. The van der Waals surface area contributed by atoms with Gasteiger partial charge in [-0.15, -0.1) is 20.4 Å². The number of rotatable bonds is 2. The Labute approximate surface area is 162 Å². The molecule has 0 amide bonds. The van der Waals surface area contributed by atoms with Gasteiger partial charge < -0.3 is 9.73 Å². The van der Waals surface area contributed by atoms with Crippen LogP contribution in [0.25, 0.3) is 5.69 Å². The first-order valence-corrected chi connectivity index (χ1v) is 9.80. The zero-order valence-electron chi connectivity index (χ0n) is 15.2. The lowest BCUT2D eigenvalue weighted by molar-refractivity contribution is 0.326. The summed E-state index contributed by atoms with van der Waals surface area (Å²) in [5.74, 6) is 4.15. The van der Waals surface area contributed by atoms with Crippen molar-refractivity contribution in [3.05, 3.63) is 52.2 Å². The van der Waals surface area contributed by atoms with E-state index in [2.05, 4.69) is 36.3 Å².